The number of aromatic carboxylic acids is 1. The molecule has 0 aromatic heterocycles. The molecule has 1 heterocycles. The summed E-state index contributed by atoms with van der Waals surface area (Å²) in [5.74, 6) is -0.623. The quantitative estimate of drug-likeness (QED) is 0.901. The predicted molar refractivity (Wildman–Crippen MR) is 76.6 cm³/mol. The molecule has 1 aliphatic heterocycles. The number of anilines is 1. The van der Waals surface area contributed by atoms with Crippen LogP contribution in [0.2, 0.25) is 0 Å². The van der Waals surface area contributed by atoms with Crippen LogP contribution in [0.25, 0.3) is 0 Å². The van der Waals surface area contributed by atoms with E-state index in [1.54, 1.807) is 12.1 Å². The van der Waals surface area contributed by atoms with Gasteiger partial charge in [-0.15, -0.1) is 0 Å². The van der Waals surface area contributed by atoms with E-state index in [1.807, 2.05) is 11.9 Å². The summed E-state index contributed by atoms with van der Waals surface area (Å²) in [6.45, 7) is 0. The zero-order valence-electron chi connectivity index (χ0n) is 10.3. The zero-order valence-corrected chi connectivity index (χ0v) is 12.7. The highest BCUT2D eigenvalue weighted by Gasteiger charge is 2.31. The van der Waals surface area contributed by atoms with Gasteiger partial charge in [-0.05, 0) is 40.5 Å². The number of rotatable bonds is 3. The Kier molecular flexibility index (Phi) is 3.87. The molecule has 1 N–H and O–H groups in total. The molecule has 0 aliphatic carbocycles. The highest BCUT2D eigenvalue weighted by molar-refractivity contribution is 9.10. The molecule has 1 aliphatic rings. The fraction of sp³-hybridized carbons (Fsp3) is 0.417. The number of nitrogens with zero attached hydrogens (tertiary/aromatic N) is 1. The highest BCUT2D eigenvalue weighted by atomic mass is 79.9. The number of hydrogen-bond acceptors (Lipinski definition) is 4. The Balaban J connectivity index is 2.23. The average molecular weight is 348 g/mol. The van der Waals surface area contributed by atoms with Gasteiger partial charge in [0.15, 0.2) is 9.84 Å². The number of sulfone groups is 1. The average Bonchev–Trinajstić information content (AvgIpc) is 2.68. The molecule has 1 aromatic rings. The number of carboxylic acid groups (broad SMARTS) is 1. The van der Waals surface area contributed by atoms with Crippen LogP contribution in [-0.2, 0) is 9.84 Å². The van der Waals surface area contributed by atoms with Crippen molar-refractivity contribution in [3.8, 4) is 0 Å². The van der Waals surface area contributed by atoms with Gasteiger partial charge in [-0.25, -0.2) is 13.2 Å². The molecule has 1 aromatic carbocycles. The molecule has 1 fully saturated rings. The van der Waals surface area contributed by atoms with Crippen LogP contribution in [0.1, 0.15) is 16.8 Å². The second-order valence-corrected chi connectivity index (χ2v) is 7.72. The summed E-state index contributed by atoms with van der Waals surface area (Å²) >= 11 is 3.22. The maximum atomic E-state index is 11.5. The molecule has 0 spiro atoms. The van der Waals surface area contributed by atoms with Crippen molar-refractivity contribution in [3.63, 3.8) is 0 Å². The minimum Gasteiger partial charge on any atom is -0.478 e. The molecule has 0 saturated carbocycles. The van der Waals surface area contributed by atoms with Crippen LogP contribution in [0.15, 0.2) is 22.7 Å². The third-order valence-corrected chi connectivity index (χ3v) is 5.75. The first-order valence-electron chi connectivity index (χ1n) is 5.76. The SMILES string of the molecule is CN(c1ccc(C(=O)O)c(Br)c1)C1CCS(=O)(=O)C1. The van der Waals surface area contributed by atoms with Gasteiger partial charge in [-0.3, -0.25) is 0 Å². The maximum absolute atomic E-state index is 11.5. The van der Waals surface area contributed by atoms with Crippen molar-refractivity contribution in [1.82, 2.24) is 0 Å². The molecule has 1 saturated heterocycles. The first-order valence-corrected chi connectivity index (χ1v) is 8.38. The number of hydrogen-bond donors (Lipinski definition) is 1. The van der Waals surface area contributed by atoms with E-state index in [0.717, 1.165) is 5.69 Å². The summed E-state index contributed by atoms with van der Waals surface area (Å²) in [5.41, 5.74) is 0.996. The lowest BCUT2D eigenvalue weighted by Gasteiger charge is -2.26. The number of carbonyl (C=O) groups is 1. The Bertz CT molecular complexity index is 614. The Morgan fingerprint density at radius 1 is 1.47 bits per heavy atom. The fourth-order valence-electron chi connectivity index (χ4n) is 2.19. The normalized spacial score (nSPS) is 21.3. The zero-order chi connectivity index (χ0) is 14.2. The third kappa shape index (κ3) is 3.09. The highest BCUT2D eigenvalue weighted by Crippen LogP contribution is 2.27. The molecule has 1 unspecified atom stereocenters. The van der Waals surface area contributed by atoms with Crippen molar-refractivity contribution in [3.05, 3.63) is 28.2 Å². The number of halogens is 1. The first kappa shape index (κ1) is 14.3. The standard InChI is InChI=1S/C12H14BrNO4S/c1-14(9-4-5-19(17,18)7-9)8-2-3-10(12(15)16)11(13)6-8/h2-3,6,9H,4-5,7H2,1H3,(H,15,16). The number of carboxylic acids is 1. The van der Waals surface area contributed by atoms with E-state index in [9.17, 15) is 13.2 Å². The molecule has 7 heteroatoms. The van der Waals surface area contributed by atoms with Crippen LogP contribution in [0, 0.1) is 0 Å². The van der Waals surface area contributed by atoms with Crippen LogP contribution in [-0.4, -0.2) is 44.1 Å². The van der Waals surface area contributed by atoms with Crippen LogP contribution < -0.4 is 4.90 Å². The summed E-state index contributed by atoms with van der Waals surface area (Å²) in [5, 5.41) is 8.95. The van der Waals surface area contributed by atoms with Gasteiger partial charge in [0.1, 0.15) is 0 Å². The van der Waals surface area contributed by atoms with Gasteiger partial charge in [0.2, 0.25) is 0 Å². The predicted octanol–water partition coefficient (Wildman–Crippen LogP) is 1.77. The van der Waals surface area contributed by atoms with E-state index in [-0.39, 0.29) is 23.1 Å². The molecule has 19 heavy (non-hydrogen) atoms. The van der Waals surface area contributed by atoms with E-state index in [0.29, 0.717) is 10.9 Å². The first-order chi connectivity index (χ1) is 8.80. The summed E-state index contributed by atoms with van der Waals surface area (Å²) in [7, 11) is -1.10. The fourth-order valence-corrected chi connectivity index (χ4v) is 4.50. The van der Waals surface area contributed by atoms with Crippen molar-refractivity contribution in [2.75, 3.05) is 23.5 Å². The lowest BCUT2D eigenvalue weighted by molar-refractivity contribution is 0.0696. The lowest BCUT2D eigenvalue weighted by Crippen LogP contribution is -2.32. The Labute approximate surface area is 120 Å². The van der Waals surface area contributed by atoms with E-state index in [1.165, 1.54) is 6.07 Å². The smallest absolute Gasteiger partial charge is 0.336 e. The molecule has 2 rings (SSSR count). The summed E-state index contributed by atoms with van der Waals surface area (Å²) in [4.78, 5) is 12.8. The Hall–Kier alpha value is -1.08. The van der Waals surface area contributed by atoms with Crippen molar-refractivity contribution in [2.45, 2.75) is 12.5 Å². The van der Waals surface area contributed by atoms with E-state index in [2.05, 4.69) is 15.9 Å². The van der Waals surface area contributed by atoms with Crippen molar-refractivity contribution in [2.24, 2.45) is 0 Å². The second kappa shape index (κ2) is 5.13. The minimum atomic E-state index is -2.93. The van der Waals surface area contributed by atoms with Crippen LogP contribution in [0.4, 0.5) is 5.69 Å². The molecule has 0 radical (unpaired) electrons. The van der Waals surface area contributed by atoms with Gasteiger partial charge in [0, 0.05) is 23.2 Å². The molecular weight excluding hydrogens is 334 g/mol. The molecule has 0 bridgehead atoms. The van der Waals surface area contributed by atoms with Gasteiger partial charge in [-0.1, -0.05) is 0 Å². The van der Waals surface area contributed by atoms with E-state index in [4.69, 9.17) is 5.11 Å². The molecule has 0 amide bonds. The topological polar surface area (TPSA) is 74.7 Å². The second-order valence-electron chi connectivity index (χ2n) is 4.64. The van der Waals surface area contributed by atoms with Crippen molar-refractivity contribution in [1.29, 1.82) is 0 Å². The third-order valence-electron chi connectivity index (χ3n) is 3.35. The van der Waals surface area contributed by atoms with Gasteiger partial charge < -0.3 is 10.0 Å². The molecular formula is C12H14BrNO4S. The molecule has 1 atom stereocenters. The maximum Gasteiger partial charge on any atom is 0.336 e. The summed E-state index contributed by atoms with van der Waals surface area (Å²) in [6, 6.07) is 4.86. The van der Waals surface area contributed by atoms with Crippen molar-refractivity contribution < 1.29 is 18.3 Å². The van der Waals surface area contributed by atoms with E-state index >= 15 is 0 Å². The van der Waals surface area contributed by atoms with Gasteiger partial charge in [0.25, 0.3) is 0 Å². The minimum absolute atomic E-state index is 0.0485. The number of benzene rings is 1. The van der Waals surface area contributed by atoms with Crippen LogP contribution >= 0.6 is 15.9 Å². The van der Waals surface area contributed by atoms with E-state index < -0.39 is 15.8 Å². The monoisotopic (exact) mass is 347 g/mol. The van der Waals surface area contributed by atoms with Crippen molar-refractivity contribution >= 4 is 37.4 Å². The summed E-state index contributed by atoms with van der Waals surface area (Å²) < 4.78 is 23.4. The largest absolute Gasteiger partial charge is 0.478 e. The Morgan fingerprint density at radius 2 is 2.16 bits per heavy atom. The van der Waals surface area contributed by atoms with Crippen LogP contribution in [0.3, 0.4) is 0 Å². The summed E-state index contributed by atoms with van der Waals surface area (Å²) in [6.07, 6.45) is 0.608. The lowest BCUT2D eigenvalue weighted by atomic mass is 10.1. The van der Waals surface area contributed by atoms with Gasteiger partial charge in [0.05, 0.1) is 17.1 Å². The Morgan fingerprint density at radius 3 is 2.63 bits per heavy atom. The molecule has 104 valence electrons. The van der Waals surface area contributed by atoms with Gasteiger partial charge >= 0.3 is 5.97 Å². The van der Waals surface area contributed by atoms with Crippen LogP contribution in [0.5, 0.6) is 0 Å². The molecule has 5 nitrogen and oxygen atoms in total. The van der Waals surface area contributed by atoms with Gasteiger partial charge in [-0.2, -0.15) is 0 Å².